The fourth-order valence-electron chi connectivity index (χ4n) is 5.44. The molecule has 4 aliphatic rings. The molecule has 0 aromatic rings. The Morgan fingerprint density at radius 3 is 1.47 bits per heavy atom. The van der Waals surface area contributed by atoms with Crippen molar-refractivity contribution >= 4 is 0 Å². The summed E-state index contributed by atoms with van der Waals surface area (Å²) in [4.78, 5) is 0. The first-order valence-corrected chi connectivity index (χ1v) is 8.75. The average Bonchev–Trinajstić information content (AvgIpc) is 3.18. The van der Waals surface area contributed by atoms with E-state index in [9.17, 15) is 0 Å². The summed E-state index contributed by atoms with van der Waals surface area (Å²) in [6.07, 6.45) is 23.5. The molecule has 0 aromatic heterocycles. The molecule has 2 fully saturated rings. The maximum atomic E-state index is 2.51. The first kappa shape index (κ1) is 12.2. The lowest BCUT2D eigenvalue weighted by Crippen LogP contribution is -2.08. The molecule has 0 N–H and O–H groups in total. The van der Waals surface area contributed by atoms with Gasteiger partial charge in [-0.2, -0.15) is 0 Å². The van der Waals surface area contributed by atoms with Crippen LogP contribution >= 0.6 is 0 Å². The van der Waals surface area contributed by atoms with Gasteiger partial charge in [0.1, 0.15) is 0 Å². The fraction of sp³-hybridized carbons (Fsp3) is 0.789. The van der Waals surface area contributed by atoms with E-state index in [1.807, 2.05) is 0 Å². The highest BCUT2D eigenvalue weighted by Crippen LogP contribution is 2.47. The second-order valence-corrected chi connectivity index (χ2v) is 7.72. The molecule has 104 valence electrons. The minimum absolute atomic E-state index is 0.968. The molecular formula is C19H28. The van der Waals surface area contributed by atoms with E-state index in [-0.39, 0.29) is 0 Å². The minimum Gasteiger partial charge on any atom is -0.0851 e. The number of unbranched alkanes of at least 4 members (excludes halogenated alkanes) is 2. The van der Waals surface area contributed by atoms with Gasteiger partial charge in [-0.25, -0.2) is 0 Å². The van der Waals surface area contributed by atoms with Crippen molar-refractivity contribution in [3.8, 4) is 0 Å². The molecule has 0 spiro atoms. The van der Waals surface area contributed by atoms with Crippen molar-refractivity contribution in [1.29, 1.82) is 0 Å². The van der Waals surface area contributed by atoms with E-state index in [1.165, 1.54) is 57.8 Å². The van der Waals surface area contributed by atoms with Crippen LogP contribution in [-0.2, 0) is 0 Å². The van der Waals surface area contributed by atoms with E-state index < -0.39 is 0 Å². The molecule has 0 radical (unpaired) electrons. The van der Waals surface area contributed by atoms with Crippen LogP contribution < -0.4 is 0 Å². The second-order valence-electron chi connectivity index (χ2n) is 7.72. The minimum atomic E-state index is 0.968. The van der Waals surface area contributed by atoms with Gasteiger partial charge in [-0.15, -0.1) is 0 Å². The summed E-state index contributed by atoms with van der Waals surface area (Å²) in [6, 6.07) is 0. The molecule has 4 bridgehead atoms. The third kappa shape index (κ3) is 2.43. The summed E-state index contributed by atoms with van der Waals surface area (Å²) in [5.74, 6) is 5.99. The standard InChI is InChI=1S/C19H28/c1(2-4-16-10-14-6-8-18(16)12-14)3-5-17-11-15-7-9-19(17)13-15/h6-9,14-19H,1-5,10-13H2. The number of rotatable bonds is 6. The Bertz CT molecular complexity index is 341. The molecule has 0 heterocycles. The Kier molecular flexibility index (Phi) is 3.29. The molecule has 0 nitrogen and oxygen atoms in total. The maximum Gasteiger partial charge on any atom is -0.0199 e. The van der Waals surface area contributed by atoms with E-state index in [2.05, 4.69) is 24.3 Å². The van der Waals surface area contributed by atoms with Crippen molar-refractivity contribution in [3.63, 3.8) is 0 Å². The SMILES string of the molecule is C1=CC2CC1CC2CCCCCC1CC2C=CC1C2. The van der Waals surface area contributed by atoms with Gasteiger partial charge < -0.3 is 0 Å². The Hall–Kier alpha value is -0.520. The highest BCUT2D eigenvalue weighted by Gasteiger charge is 2.36. The molecular weight excluding hydrogens is 228 g/mol. The smallest absolute Gasteiger partial charge is 0.0199 e. The summed E-state index contributed by atoms with van der Waals surface area (Å²) in [5, 5.41) is 0. The third-order valence-corrected chi connectivity index (χ3v) is 6.48. The summed E-state index contributed by atoms with van der Waals surface area (Å²) in [6.45, 7) is 0. The summed E-state index contributed by atoms with van der Waals surface area (Å²) < 4.78 is 0. The lowest BCUT2D eigenvalue weighted by molar-refractivity contribution is 0.369. The van der Waals surface area contributed by atoms with E-state index in [4.69, 9.17) is 0 Å². The average molecular weight is 256 g/mol. The molecule has 0 aliphatic heterocycles. The summed E-state index contributed by atoms with van der Waals surface area (Å²) >= 11 is 0. The maximum absolute atomic E-state index is 2.51. The van der Waals surface area contributed by atoms with Crippen LogP contribution in [-0.4, -0.2) is 0 Å². The van der Waals surface area contributed by atoms with Crippen LogP contribution in [0.4, 0.5) is 0 Å². The monoisotopic (exact) mass is 256 g/mol. The normalized spacial score (nSPS) is 45.7. The highest BCUT2D eigenvalue weighted by atomic mass is 14.4. The van der Waals surface area contributed by atoms with Crippen molar-refractivity contribution in [3.05, 3.63) is 24.3 Å². The van der Waals surface area contributed by atoms with Gasteiger partial charge >= 0.3 is 0 Å². The number of fused-ring (bicyclic) bond motifs is 4. The van der Waals surface area contributed by atoms with E-state index in [1.54, 1.807) is 0 Å². The molecule has 19 heavy (non-hydrogen) atoms. The topological polar surface area (TPSA) is 0 Å². The predicted molar refractivity (Wildman–Crippen MR) is 80.8 cm³/mol. The highest BCUT2D eigenvalue weighted by molar-refractivity contribution is 5.10. The van der Waals surface area contributed by atoms with Crippen molar-refractivity contribution in [2.24, 2.45) is 35.5 Å². The van der Waals surface area contributed by atoms with Gasteiger partial charge in [0, 0.05) is 0 Å². The van der Waals surface area contributed by atoms with Gasteiger partial charge in [-0.05, 0) is 74.0 Å². The molecule has 0 aromatic carbocycles. The zero-order valence-corrected chi connectivity index (χ0v) is 12.1. The molecule has 4 aliphatic carbocycles. The molecule has 0 saturated heterocycles. The van der Waals surface area contributed by atoms with Gasteiger partial charge in [0.25, 0.3) is 0 Å². The molecule has 4 rings (SSSR count). The van der Waals surface area contributed by atoms with Gasteiger partial charge in [0.05, 0.1) is 0 Å². The van der Waals surface area contributed by atoms with Crippen LogP contribution in [0.3, 0.4) is 0 Å². The first-order valence-electron chi connectivity index (χ1n) is 8.75. The molecule has 6 atom stereocenters. The Labute approximate surface area is 118 Å². The lowest BCUT2D eigenvalue weighted by atomic mass is 9.86. The number of hydrogen-bond donors (Lipinski definition) is 0. The van der Waals surface area contributed by atoms with E-state index in [0.717, 1.165) is 35.5 Å². The fourth-order valence-corrected chi connectivity index (χ4v) is 5.44. The molecule has 0 amide bonds. The second kappa shape index (κ2) is 5.11. The third-order valence-electron chi connectivity index (χ3n) is 6.48. The Morgan fingerprint density at radius 1 is 0.579 bits per heavy atom. The van der Waals surface area contributed by atoms with Crippen LogP contribution in [0.25, 0.3) is 0 Å². The zero-order chi connectivity index (χ0) is 12.7. The van der Waals surface area contributed by atoms with Crippen LogP contribution in [0.15, 0.2) is 24.3 Å². The number of allylic oxidation sites excluding steroid dienone is 4. The Balaban J connectivity index is 1.11. The van der Waals surface area contributed by atoms with E-state index in [0.29, 0.717) is 0 Å². The van der Waals surface area contributed by atoms with Crippen LogP contribution in [0.1, 0.15) is 57.8 Å². The van der Waals surface area contributed by atoms with Crippen molar-refractivity contribution < 1.29 is 0 Å². The molecule has 2 saturated carbocycles. The zero-order valence-electron chi connectivity index (χ0n) is 12.1. The quantitative estimate of drug-likeness (QED) is 0.443. The molecule has 0 heteroatoms. The van der Waals surface area contributed by atoms with Gasteiger partial charge in [0.2, 0.25) is 0 Å². The van der Waals surface area contributed by atoms with Crippen molar-refractivity contribution in [2.45, 2.75) is 57.8 Å². The first-order chi connectivity index (χ1) is 9.38. The summed E-state index contributed by atoms with van der Waals surface area (Å²) in [5.41, 5.74) is 0. The van der Waals surface area contributed by atoms with Crippen LogP contribution in [0, 0.1) is 35.5 Å². The Morgan fingerprint density at radius 2 is 1.11 bits per heavy atom. The van der Waals surface area contributed by atoms with Gasteiger partial charge in [0.15, 0.2) is 0 Å². The lowest BCUT2D eigenvalue weighted by Gasteiger charge is -2.19. The van der Waals surface area contributed by atoms with Crippen molar-refractivity contribution in [1.82, 2.24) is 0 Å². The summed E-state index contributed by atoms with van der Waals surface area (Å²) in [7, 11) is 0. The number of hydrogen-bond acceptors (Lipinski definition) is 0. The van der Waals surface area contributed by atoms with Crippen molar-refractivity contribution in [2.75, 3.05) is 0 Å². The van der Waals surface area contributed by atoms with Gasteiger partial charge in [-0.3, -0.25) is 0 Å². The molecule has 6 unspecified atom stereocenters. The van der Waals surface area contributed by atoms with Crippen LogP contribution in [0.5, 0.6) is 0 Å². The predicted octanol–water partition coefficient (Wildman–Crippen LogP) is 5.36. The van der Waals surface area contributed by atoms with E-state index >= 15 is 0 Å². The largest absolute Gasteiger partial charge is 0.0851 e. The van der Waals surface area contributed by atoms with Gasteiger partial charge in [-0.1, -0.05) is 43.6 Å². The van der Waals surface area contributed by atoms with Crippen LogP contribution in [0.2, 0.25) is 0 Å².